The Morgan fingerprint density at radius 3 is 2.35 bits per heavy atom. The molecule has 1 amide bonds. The second-order valence-electron chi connectivity index (χ2n) is 3.66. The molecular formula is C12H15Cl2N3O3. The standard InChI is InChI=1S/C12H15Cl2N3O3/c1-19-8-5-3-7(4-6-8)10(15)16-11(9(13)14)17-12(18)20-2/h3-6,9,11H,1-2H3,(H2,15,16)(H,17,18)/t11-/m1/s1. The molecule has 0 aliphatic carbocycles. The lowest BCUT2D eigenvalue weighted by Gasteiger charge is -2.15. The van der Waals surface area contributed by atoms with Crippen LogP contribution in [0.4, 0.5) is 4.79 Å². The highest BCUT2D eigenvalue weighted by Gasteiger charge is 2.19. The van der Waals surface area contributed by atoms with Crippen LogP contribution in [-0.2, 0) is 4.74 Å². The van der Waals surface area contributed by atoms with Gasteiger partial charge in [-0.05, 0) is 24.3 Å². The van der Waals surface area contributed by atoms with E-state index in [2.05, 4.69) is 15.0 Å². The number of nitrogens with two attached hydrogens (primary N) is 1. The van der Waals surface area contributed by atoms with Crippen LogP contribution in [0.3, 0.4) is 0 Å². The fourth-order valence-corrected chi connectivity index (χ4v) is 1.56. The molecule has 0 radical (unpaired) electrons. The van der Waals surface area contributed by atoms with Gasteiger partial charge in [-0.15, -0.1) is 23.2 Å². The van der Waals surface area contributed by atoms with Gasteiger partial charge in [0.2, 0.25) is 0 Å². The van der Waals surface area contributed by atoms with Crippen LogP contribution in [-0.4, -0.2) is 37.2 Å². The van der Waals surface area contributed by atoms with Crippen molar-refractivity contribution in [3.63, 3.8) is 0 Å². The first-order chi connectivity index (χ1) is 9.47. The van der Waals surface area contributed by atoms with Gasteiger partial charge in [-0.2, -0.15) is 0 Å². The van der Waals surface area contributed by atoms with E-state index in [4.69, 9.17) is 33.7 Å². The zero-order chi connectivity index (χ0) is 15.1. The first-order valence-electron chi connectivity index (χ1n) is 5.58. The van der Waals surface area contributed by atoms with Crippen LogP contribution in [0.2, 0.25) is 0 Å². The summed E-state index contributed by atoms with van der Waals surface area (Å²) in [5.74, 6) is 0.874. The van der Waals surface area contributed by atoms with Gasteiger partial charge in [0.05, 0.1) is 14.2 Å². The molecule has 0 unspecified atom stereocenters. The third-order valence-corrected chi connectivity index (χ3v) is 2.83. The van der Waals surface area contributed by atoms with Crippen molar-refractivity contribution in [1.29, 1.82) is 0 Å². The third kappa shape index (κ3) is 4.79. The summed E-state index contributed by atoms with van der Waals surface area (Å²) in [6.07, 6.45) is -1.61. The Labute approximate surface area is 126 Å². The van der Waals surface area contributed by atoms with Crippen molar-refractivity contribution in [3.8, 4) is 5.75 Å². The number of aliphatic imine (C=N–C) groups is 1. The van der Waals surface area contributed by atoms with Crippen LogP contribution in [0.25, 0.3) is 0 Å². The number of rotatable bonds is 5. The number of carbonyl (C=O) groups is 1. The molecule has 1 rings (SSSR count). The lowest BCUT2D eigenvalue weighted by atomic mass is 10.2. The van der Waals surface area contributed by atoms with Gasteiger partial charge in [-0.25, -0.2) is 9.79 Å². The number of alkyl halides is 2. The van der Waals surface area contributed by atoms with Crippen LogP contribution in [0.15, 0.2) is 29.3 Å². The van der Waals surface area contributed by atoms with E-state index in [1.807, 2.05) is 0 Å². The fraction of sp³-hybridized carbons (Fsp3) is 0.333. The second kappa shape index (κ2) is 7.81. The summed E-state index contributed by atoms with van der Waals surface area (Å²) >= 11 is 11.5. The van der Waals surface area contributed by atoms with E-state index in [1.165, 1.54) is 7.11 Å². The molecule has 0 aliphatic rings. The van der Waals surface area contributed by atoms with E-state index < -0.39 is 17.1 Å². The number of ether oxygens (including phenoxy) is 2. The molecular weight excluding hydrogens is 305 g/mol. The van der Waals surface area contributed by atoms with Crippen LogP contribution < -0.4 is 15.8 Å². The molecule has 1 atom stereocenters. The van der Waals surface area contributed by atoms with E-state index in [1.54, 1.807) is 31.4 Å². The first-order valence-corrected chi connectivity index (χ1v) is 6.45. The van der Waals surface area contributed by atoms with Gasteiger partial charge in [-0.3, -0.25) is 5.32 Å². The molecule has 0 fully saturated rings. The van der Waals surface area contributed by atoms with Crippen molar-refractivity contribution < 1.29 is 14.3 Å². The maximum Gasteiger partial charge on any atom is 0.408 e. The van der Waals surface area contributed by atoms with Gasteiger partial charge in [0, 0.05) is 5.56 Å². The van der Waals surface area contributed by atoms with Crippen LogP contribution in [0, 0.1) is 0 Å². The van der Waals surface area contributed by atoms with Gasteiger partial charge < -0.3 is 15.2 Å². The largest absolute Gasteiger partial charge is 0.497 e. The lowest BCUT2D eigenvalue weighted by molar-refractivity contribution is 0.167. The maximum absolute atomic E-state index is 11.2. The smallest absolute Gasteiger partial charge is 0.408 e. The summed E-state index contributed by atoms with van der Waals surface area (Å²) in [6.45, 7) is 0. The molecule has 1 aromatic rings. The molecule has 0 bridgehead atoms. The number of nitrogens with zero attached hydrogens (tertiary/aromatic N) is 1. The number of nitrogens with one attached hydrogen (secondary N) is 1. The molecule has 0 saturated carbocycles. The first kappa shape index (κ1) is 16.4. The Bertz CT molecular complexity index is 477. The summed E-state index contributed by atoms with van der Waals surface area (Å²) in [7, 11) is 2.79. The topological polar surface area (TPSA) is 85.9 Å². The molecule has 0 aliphatic heterocycles. The highest BCUT2D eigenvalue weighted by molar-refractivity contribution is 6.44. The summed E-state index contributed by atoms with van der Waals surface area (Å²) in [4.78, 5) is 14.3. The highest BCUT2D eigenvalue weighted by Crippen LogP contribution is 2.13. The van der Waals surface area contributed by atoms with Crippen molar-refractivity contribution in [2.45, 2.75) is 11.0 Å². The summed E-state index contributed by atoms with van der Waals surface area (Å²) < 4.78 is 9.49. The average molecular weight is 320 g/mol. The number of methoxy groups -OCH3 is 2. The van der Waals surface area contributed by atoms with Gasteiger partial charge in [0.15, 0.2) is 6.17 Å². The number of halogens is 2. The lowest BCUT2D eigenvalue weighted by Crippen LogP contribution is -2.39. The molecule has 110 valence electrons. The second-order valence-corrected chi connectivity index (χ2v) is 4.82. The van der Waals surface area contributed by atoms with Gasteiger partial charge in [0.1, 0.15) is 16.4 Å². The highest BCUT2D eigenvalue weighted by atomic mass is 35.5. The SMILES string of the molecule is COC(=O)N[C@@H](N=C(N)c1ccc(OC)cc1)C(Cl)Cl. The van der Waals surface area contributed by atoms with Crippen molar-refractivity contribution in [2.75, 3.05) is 14.2 Å². The molecule has 0 heterocycles. The predicted molar refractivity (Wildman–Crippen MR) is 78.5 cm³/mol. The molecule has 20 heavy (non-hydrogen) atoms. The van der Waals surface area contributed by atoms with Gasteiger partial charge in [-0.1, -0.05) is 0 Å². The van der Waals surface area contributed by atoms with E-state index in [-0.39, 0.29) is 5.84 Å². The maximum atomic E-state index is 11.2. The van der Waals surface area contributed by atoms with Crippen molar-refractivity contribution in [2.24, 2.45) is 10.7 Å². The molecule has 3 N–H and O–H groups in total. The minimum absolute atomic E-state index is 0.181. The predicted octanol–water partition coefficient (Wildman–Crippen LogP) is 1.89. The van der Waals surface area contributed by atoms with E-state index in [9.17, 15) is 4.79 Å². The van der Waals surface area contributed by atoms with Crippen LogP contribution >= 0.6 is 23.2 Å². The number of hydrogen-bond acceptors (Lipinski definition) is 4. The van der Waals surface area contributed by atoms with Crippen molar-refractivity contribution in [3.05, 3.63) is 29.8 Å². The number of amides is 1. The van der Waals surface area contributed by atoms with E-state index >= 15 is 0 Å². The Hall–Kier alpha value is -1.66. The third-order valence-electron chi connectivity index (χ3n) is 2.35. The molecule has 1 aromatic carbocycles. The molecule has 0 saturated heterocycles. The number of hydrogen-bond donors (Lipinski definition) is 2. The van der Waals surface area contributed by atoms with Crippen LogP contribution in [0.5, 0.6) is 5.75 Å². The molecule has 0 aromatic heterocycles. The number of benzene rings is 1. The number of carbonyl (C=O) groups excluding carboxylic acids is 1. The van der Waals surface area contributed by atoms with E-state index in [0.29, 0.717) is 11.3 Å². The minimum Gasteiger partial charge on any atom is -0.497 e. The molecule has 8 heteroatoms. The Kier molecular flexibility index (Phi) is 6.41. The zero-order valence-electron chi connectivity index (χ0n) is 11.0. The van der Waals surface area contributed by atoms with E-state index in [0.717, 1.165) is 0 Å². The minimum atomic E-state index is -0.967. The monoisotopic (exact) mass is 319 g/mol. The average Bonchev–Trinajstić information content (AvgIpc) is 2.46. The molecule has 0 spiro atoms. The van der Waals surface area contributed by atoms with Gasteiger partial charge in [0.25, 0.3) is 0 Å². The normalized spacial score (nSPS) is 12.9. The summed E-state index contributed by atoms with van der Waals surface area (Å²) in [5.41, 5.74) is 6.49. The number of alkyl carbamates (subject to hydrolysis) is 1. The fourth-order valence-electron chi connectivity index (χ4n) is 1.32. The Morgan fingerprint density at radius 1 is 1.30 bits per heavy atom. The van der Waals surface area contributed by atoms with Crippen molar-refractivity contribution >= 4 is 35.1 Å². The van der Waals surface area contributed by atoms with Crippen molar-refractivity contribution in [1.82, 2.24) is 5.32 Å². The quantitative estimate of drug-likeness (QED) is 0.493. The van der Waals surface area contributed by atoms with Gasteiger partial charge >= 0.3 is 6.09 Å². The Morgan fingerprint density at radius 2 is 1.90 bits per heavy atom. The molecule has 6 nitrogen and oxygen atoms in total. The van der Waals surface area contributed by atoms with Crippen LogP contribution in [0.1, 0.15) is 5.56 Å². The summed E-state index contributed by atoms with van der Waals surface area (Å²) in [5, 5.41) is 2.37. The summed E-state index contributed by atoms with van der Waals surface area (Å²) in [6, 6.07) is 6.92. The zero-order valence-corrected chi connectivity index (χ0v) is 12.5. The number of amidine groups is 1. The Balaban J connectivity index is 2.88.